The van der Waals surface area contributed by atoms with Crippen LogP contribution in [0.2, 0.25) is 0 Å². The fourth-order valence-electron chi connectivity index (χ4n) is 4.50. The van der Waals surface area contributed by atoms with Gasteiger partial charge in [0.1, 0.15) is 5.69 Å². The number of aryl methyl sites for hydroxylation is 1. The van der Waals surface area contributed by atoms with E-state index in [2.05, 4.69) is 26.5 Å². The number of nitriles is 1. The highest BCUT2D eigenvalue weighted by Gasteiger charge is 2.46. The van der Waals surface area contributed by atoms with Gasteiger partial charge in [0.15, 0.2) is 6.19 Å². The maximum atomic E-state index is 13.2. The molecule has 2 fully saturated rings. The summed E-state index contributed by atoms with van der Waals surface area (Å²) in [7, 11) is 0. The lowest BCUT2D eigenvalue weighted by Gasteiger charge is -2.22. The van der Waals surface area contributed by atoms with Gasteiger partial charge in [-0.15, -0.1) is 0 Å². The van der Waals surface area contributed by atoms with Crippen molar-refractivity contribution in [3.8, 4) is 12.1 Å². The molecule has 2 saturated heterocycles. The van der Waals surface area contributed by atoms with E-state index in [4.69, 9.17) is 0 Å². The summed E-state index contributed by atoms with van der Waals surface area (Å²) in [5.74, 6) is 0.248. The molecule has 0 spiro atoms. The van der Waals surface area contributed by atoms with Gasteiger partial charge in [0.2, 0.25) is 5.95 Å². The summed E-state index contributed by atoms with van der Waals surface area (Å²) in [5.41, 5.74) is 2.76. The minimum absolute atomic E-state index is 0.0243. The normalized spacial score (nSPS) is 23.1. The molecule has 3 aromatic rings. The van der Waals surface area contributed by atoms with E-state index >= 15 is 0 Å². The third kappa shape index (κ3) is 2.51. The molecule has 5 heterocycles. The van der Waals surface area contributed by atoms with Crippen molar-refractivity contribution in [1.82, 2.24) is 29.7 Å². The lowest BCUT2D eigenvalue weighted by atomic mass is 9.95. The molecule has 0 saturated carbocycles. The Balaban J connectivity index is 1.53. The van der Waals surface area contributed by atoms with Crippen molar-refractivity contribution < 1.29 is 4.79 Å². The zero-order valence-electron chi connectivity index (χ0n) is 15.4. The number of carbonyl (C=O) groups is 1. The van der Waals surface area contributed by atoms with E-state index in [1.807, 2.05) is 30.0 Å². The maximum absolute atomic E-state index is 13.2. The molecule has 0 radical (unpaired) electrons. The Labute approximate surface area is 161 Å². The molecule has 3 atom stereocenters. The smallest absolute Gasteiger partial charge is 0.268 e. The van der Waals surface area contributed by atoms with Crippen LogP contribution >= 0.6 is 0 Å². The Morgan fingerprint density at radius 3 is 2.96 bits per heavy atom. The van der Waals surface area contributed by atoms with Gasteiger partial charge in [-0.2, -0.15) is 5.26 Å². The summed E-state index contributed by atoms with van der Waals surface area (Å²) in [4.78, 5) is 28.3. The quantitative estimate of drug-likeness (QED) is 0.704. The van der Waals surface area contributed by atoms with Crippen molar-refractivity contribution in [3.05, 3.63) is 48.0 Å². The standard InChI is InChI=1S/C20H19N7O/c1-12-6-8-23-20(24-12)27-17-3-2-7-22-14(17)10-18(27)19(28)25-15-9-13-4-5-16(15)26(13)11-21/h2-3,6-8,10,13,15-16H,4-5,9H2,1H3,(H,25,28)/t13-,15+,16+/m0/s1. The number of hydrogen-bond donors (Lipinski definition) is 1. The maximum Gasteiger partial charge on any atom is 0.268 e. The van der Waals surface area contributed by atoms with Gasteiger partial charge in [0.25, 0.3) is 5.91 Å². The molecule has 0 aromatic carbocycles. The van der Waals surface area contributed by atoms with Crippen LogP contribution in [0.15, 0.2) is 36.7 Å². The highest BCUT2D eigenvalue weighted by atomic mass is 16.2. The van der Waals surface area contributed by atoms with E-state index in [9.17, 15) is 10.1 Å². The van der Waals surface area contributed by atoms with Crippen LogP contribution in [0.3, 0.4) is 0 Å². The number of nitrogens with one attached hydrogen (secondary N) is 1. The first-order valence-corrected chi connectivity index (χ1v) is 9.41. The van der Waals surface area contributed by atoms with Crippen LogP contribution in [0.1, 0.15) is 35.4 Å². The number of carbonyl (C=O) groups excluding carboxylic acids is 1. The van der Waals surface area contributed by atoms with Gasteiger partial charge < -0.3 is 10.2 Å². The Morgan fingerprint density at radius 1 is 1.29 bits per heavy atom. The van der Waals surface area contributed by atoms with E-state index in [1.165, 1.54) is 0 Å². The number of rotatable bonds is 3. The van der Waals surface area contributed by atoms with E-state index in [1.54, 1.807) is 23.0 Å². The molecule has 0 aliphatic carbocycles. The number of fused-ring (bicyclic) bond motifs is 3. The van der Waals surface area contributed by atoms with Crippen LogP contribution in [0.5, 0.6) is 0 Å². The summed E-state index contributed by atoms with van der Waals surface area (Å²) in [6.45, 7) is 1.89. The van der Waals surface area contributed by atoms with Crippen LogP contribution in [0.25, 0.3) is 17.0 Å². The molecule has 3 aromatic heterocycles. The van der Waals surface area contributed by atoms with Crippen molar-refractivity contribution in [2.24, 2.45) is 0 Å². The lowest BCUT2D eigenvalue weighted by molar-refractivity contribution is 0.0921. The first-order valence-electron chi connectivity index (χ1n) is 9.41. The van der Waals surface area contributed by atoms with E-state index in [-0.39, 0.29) is 24.0 Å². The molecule has 0 unspecified atom stereocenters. The van der Waals surface area contributed by atoms with Crippen LogP contribution in [0.4, 0.5) is 0 Å². The molecular formula is C20H19N7O. The summed E-state index contributed by atoms with van der Waals surface area (Å²) in [6, 6.07) is 7.63. The first kappa shape index (κ1) is 16.7. The summed E-state index contributed by atoms with van der Waals surface area (Å²) in [6.07, 6.45) is 8.43. The van der Waals surface area contributed by atoms with Crippen molar-refractivity contribution in [2.45, 2.75) is 44.3 Å². The fraction of sp³-hybridized carbons (Fsp3) is 0.350. The summed E-state index contributed by atoms with van der Waals surface area (Å²) in [5, 5.41) is 12.5. The number of aromatic nitrogens is 4. The second-order valence-corrected chi connectivity index (χ2v) is 7.39. The minimum Gasteiger partial charge on any atom is -0.346 e. The van der Waals surface area contributed by atoms with Gasteiger partial charge in [-0.25, -0.2) is 9.97 Å². The Hall–Kier alpha value is -3.47. The monoisotopic (exact) mass is 373 g/mol. The molecule has 1 N–H and O–H groups in total. The second kappa shape index (κ2) is 6.30. The van der Waals surface area contributed by atoms with Gasteiger partial charge in [0.05, 0.1) is 23.1 Å². The molecule has 8 heteroatoms. The fourth-order valence-corrected chi connectivity index (χ4v) is 4.50. The van der Waals surface area contributed by atoms with Crippen molar-refractivity contribution >= 4 is 16.9 Å². The second-order valence-electron chi connectivity index (χ2n) is 7.39. The number of nitrogens with zero attached hydrogens (tertiary/aromatic N) is 6. The SMILES string of the molecule is Cc1ccnc(-n2c(C(=O)N[C@@H]3C[C@@H]4CC[C@H]3N4C#N)cc3ncccc32)n1. The van der Waals surface area contributed by atoms with Crippen LogP contribution < -0.4 is 5.32 Å². The topological polar surface area (TPSA) is 99.7 Å². The highest BCUT2D eigenvalue weighted by Crippen LogP contribution is 2.37. The zero-order valence-corrected chi connectivity index (χ0v) is 15.4. The molecule has 8 nitrogen and oxygen atoms in total. The van der Waals surface area contributed by atoms with Crippen molar-refractivity contribution in [3.63, 3.8) is 0 Å². The van der Waals surface area contributed by atoms with Gasteiger partial charge in [-0.05, 0) is 50.5 Å². The number of hydrogen-bond acceptors (Lipinski definition) is 6. The van der Waals surface area contributed by atoms with Crippen molar-refractivity contribution in [1.29, 1.82) is 5.26 Å². The third-order valence-electron chi connectivity index (χ3n) is 5.75. The van der Waals surface area contributed by atoms with Crippen LogP contribution in [-0.4, -0.2) is 48.5 Å². The minimum atomic E-state index is -0.196. The summed E-state index contributed by atoms with van der Waals surface area (Å²) < 4.78 is 1.75. The Bertz CT molecular complexity index is 1120. The molecule has 140 valence electrons. The third-order valence-corrected chi connectivity index (χ3v) is 5.75. The Morgan fingerprint density at radius 2 is 2.18 bits per heavy atom. The Kier molecular flexibility index (Phi) is 3.76. The predicted molar refractivity (Wildman–Crippen MR) is 102 cm³/mol. The van der Waals surface area contributed by atoms with E-state index < -0.39 is 0 Å². The lowest BCUT2D eigenvalue weighted by Crippen LogP contribution is -2.43. The molecule has 28 heavy (non-hydrogen) atoms. The number of amides is 1. The largest absolute Gasteiger partial charge is 0.346 e. The summed E-state index contributed by atoms with van der Waals surface area (Å²) >= 11 is 0. The molecular weight excluding hydrogens is 354 g/mol. The van der Waals surface area contributed by atoms with Crippen molar-refractivity contribution in [2.75, 3.05) is 0 Å². The van der Waals surface area contributed by atoms with Crippen LogP contribution in [0, 0.1) is 18.4 Å². The molecule has 2 aliphatic rings. The predicted octanol–water partition coefficient (Wildman–Crippen LogP) is 1.94. The van der Waals surface area contributed by atoms with Crippen LogP contribution in [-0.2, 0) is 0 Å². The van der Waals surface area contributed by atoms with Gasteiger partial charge in [0, 0.05) is 24.1 Å². The molecule has 1 amide bonds. The van der Waals surface area contributed by atoms with E-state index in [0.717, 1.165) is 30.5 Å². The molecule has 5 rings (SSSR count). The van der Waals surface area contributed by atoms with Gasteiger partial charge in [-0.3, -0.25) is 14.3 Å². The first-order chi connectivity index (χ1) is 13.7. The highest BCUT2D eigenvalue weighted by molar-refractivity contribution is 5.98. The average molecular weight is 373 g/mol. The number of pyridine rings is 1. The van der Waals surface area contributed by atoms with Gasteiger partial charge in [-0.1, -0.05) is 0 Å². The van der Waals surface area contributed by atoms with Gasteiger partial charge >= 0.3 is 0 Å². The van der Waals surface area contributed by atoms with E-state index in [0.29, 0.717) is 17.2 Å². The molecule has 2 aliphatic heterocycles. The average Bonchev–Trinajstić information content (AvgIpc) is 3.37. The molecule has 2 bridgehead atoms. The zero-order chi connectivity index (χ0) is 19.3.